The third-order valence-electron chi connectivity index (χ3n) is 3.06. The van der Waals surface area contributed by atoms with Crippen LogP contribution < -0.4 is 5.32 Å². The summed E-state index contributed by atoms with van der Waals surface area (Å²) >= 11 is 0. The Balaban J connectivity index is 2.57. The van der Waals surface area contributed by atoms with E-state index in [9.17, 15) is 13.2 Å². The minimum absolute atomic E-state index is 0.0475. The summed E-state index contributed by atoms with van der Waals surface area (Å²) in [7, 11) is -3.07. The van der Waals surface area contributed by atoms with E-state index in [1.54, 1.807) is 4.90 Å². The third-order valence-corrected chi connectivity index (χ3v) is 4.00. The van der Waals surface area contributed by atoms with Gasteiger partial charge >= 0.3 is 6.03 Å². The molecule has 0 bridgehead atoms. The van der Waals surface area contributed by atoms with Gasteiger partial charge in [-0.25, -0.2) is 13.2 Å². The van der Waals surface area contributed by atoms with Crippen molar-refractivity contribution < 1.29 is 13.2 Å². The second kappa shape index (κ2) is 9.35. The van der Waals surface area contributed by atoms with Crippen molar-refractivity contribution in [2.45, 2.75) is 13.8 Å². The molecule has 23 heavy (non-hydrogen) atoms. The molecule has 0 atom stereocenters. The van der Waals surface area contributed by atoms with E-state index in [4.69, 9.17) is 0 Å². The Kier molecular flexibility index (Phi) is 7.81. The first-order chi connectivity index (χ1) is 10.8. The average molecular weight is 338 g/mol. The Bertz CT molecular complexity index is 610. The van der Waals surface area contributed by atoms with Crippen molar-refractivity contribution in [1.82, 2.24) is 10.2 Å². The molecule has 0 saturated carbocycles. The van der Waals surface area contributed by atoms with E-state index in [1.807, 2.05) is 56.3 Å². The van der Waals surface area contributed by atoms with Gasteiger partial charge in [0.1, 0.15) is 9.84 Å². The highest BCUT2D eigenvalue weighted by Gasteiger charge is 2.13. The van der Waals surface area contributed by atoms with Crippen molar-refractivity contribution in [1.29, 1.82) is 0 Å². The van der Waals surface area contributed by atoms with Crippen LogP contribution in [0.25, 0.3) is 6.08 Å². The first kappa shape index (κ1) is 19.2. The van der Waals surface area contributed by atoms with Gasteiger partial charge in [0.25, 0.3) is 0 Å². The summed E-state index contributed by atoms with van der Waals surface area (Å²) in [4.78, 5) is 13.9. The maximum atomic E-state index is 12.2. The molecule has 0 aromatic heterocycles. The van der Waals surface area contributed by atoms with Crippen LogP contribution in [0, 0.1) is 5.92 Å². The van der Waals surface area contributed by atoms with E-state index in [-0.39, 0.29) is 18.3 Å². The Morgan fingerprint density at radius 1 is 1.26 bits per heavy atom. The lowest BCUT2D eigenvalue weighted by molar-refractivity contribution is 0.198. The molecule has 1 rings (SSSR count). The summed E-state index contributed by atoms with van der Waals surface area (Å²) in [6.07, 6.45) is 5.07. The third kappa shape index (κ3) is 9.03. The van der Waals surface area contributed by atoms with Crippen LogP contribution in [-0.4, -0.2) is 51.0 Å². The lowest BCUT2D eigenvalue weighted by atomic mass is 10.2. The number of nitrogens with one attached hydrogen (secondary N) is 1. The van der Waals surface area contributed by atoms with E-state index in [1.165, 1.54) is 0 Å². The molecule has 0 aliphatic heterocycles. The molecule has 0 fully saturated rings. The normalized spacial score (nSPS) is 11.8. The highest BCUT2D eigenvalue weighted by atomic mass is 32.2. The molecule has 5 nitrogen and oxygen atoms in total. The SMILES string of the molecule is CC(C)CN(C/C=C/c1ccccc1)C(=O)NCCS(C)(=O)=O. The molecular formula is C17H26N2O3S. The second-order valence-corrected chi connectivity index (χ2v) is 8.23. The highest BCUT2D eigenvalue weighted by Crippen LogP contribution is 2.04. The van der Waals surface area contributed by atoms with Crippen molar-refractivity contribution in [3.8, 4) is 0 Å². The van der Waals surface area contributed by atoms with Crippen molar-refractivity contribution in [3.05, 3.63) is 42.0 Å². The van der Waals surface area contributed by atoms with Crippen LogP contribution in [0.3, 0.4) is 0 Å². The van der Waals surface area contributed by atoms with Gasteiger partial charge in [-0.15, -0.1) is 0 Å². The van der Waals surface area contributed by atoms with Crippen LogP contribution in [0.2, 0.25) is 0 Å². The number of urea groups is 1. The minimum atomic E-state index is -3.07. The van der Waals surface area contributed by atoms with Gasteiger partial charge in [0.05, 0.1) is 5.75 Å². The van der Waals surface area contributed by atoms with Gasteiger partial charge in [-0.2, -0.15) is 0 Å². The van der Waals surface area contributed by atoms with Gasteiger partial charge in [0, 0.05) is 25.9 Å². The van der Waals surface area contributed by atoms with Crippen molar-refractivity contribution >= 4 is 21.9 Å². The molecule has 2 amide bonds. The number of nitrogens with zero attached hydrogens (tertiary/aromatic N) is 1. The number of hydrogen-bond acceptors (Lipinski definition) is 3. The number of hydrogen-bond donors (Lipinski definition) is 1. The summed E-state index contributed by atoms with van der Waals surface area (Å²) in [6.45, 7) is 5.31. The monoisotopic (exact) mass is 338 g/mol. The maximum absolute atomic E-state index is 12.2. The van der Waals surface area contributed by atoms with Gasteiger partial charge in [-0.3, -0.25) is 0 Å². The predicted octanol–water partition coefficient (Wildman–Crippen LogP) is 2.41. The van der Waals surface area contributed by atoms with Crippen LogP contribution >= 0.6 is 0 Å². The van der Waals surface area contributed by atoms with Crippen LogP contribution in [-0.2, 0) is 9.84 Å². The standard InChI is InChI=1S/C17H26N2O3S/c1-15(2)14-19(17(20)18-11-13-23(3,21)22)12-7-10-16-8-5-4-6-9-16/h4-10,15H,11-14H2,1-3H3,(H,18,20)/b10-7+. The number of rotatable bonds is 8. The first-order valence-corrected chi connectivity index (χ1v) is 9.76. The van der Waals surface area contributed by atoms with Crippen molar-refractivity contribution in [3.63, 3.8) is 0 Å². The molecule has 128 valence electrons. The van der Waals surface area contributed by atoms with Crippen LogP contribution in [0.4, 0.5) is 4.79 Å². The first-order valence-electron chi connectivity index (χ1n) is 7.70. The molecule has 1 aromatic rings. The molecule has 1 N–H and O–H groups in total. The maximum Gasteiger partial charge on any atom is 0.317 e. The van der Waals surface area contributed by atoms with Crippen LogP contribution in [0.1, 0.15) is 19.4 Å². The van der Waals surface area contributed by atoms with Crippen molar-refractivity contribution in [2.24, 2.45) is 5.92 Å². The fourth-order valence-electron chi connectivity index (χ4n) is 2.02. The van der Waals surface area contributed by atoms with Crippen LogP contribution in [0.15, 0.2) is 36.4 Å². The molecule has 0 aliphatic rings. The topological polar surface area (TPSA) is 66.5 Å². The van der Waals surface area contributed by atoms with E-state index in [0.717, 1.165) is 11.8 Å². The van der Waals surface area contributed by atoms with Gasteiger partial charge in [-0.1, -0.05) is 56.3 Å². The summed E-state index contributed by atoms with van der Waals surface area (Å²) in [5, 5.41) is 2.67. The average Bonchev–Trinajstić information content (AvgIpc) is 2.45. The Labute approximate surface area is 139 Å². The van der Waals surface area contributed by atoms with E-state index >= 15 is 0 Å². The second-order valence-electron chi connectivity index (χ2n) is 5.97. The predicted molar refractivity (Wildman–Crippen MR) is 95.0 cm³/mol. The molecule has 0 heterocycles. The Morgan fingerprint density at radius 3 is 2.48 bits per heavy atom. The quantitative estimate of drug-likeness (QED) is 0.791. The summed E-state index contributed by atoms with van der Waals surface area (Å²) < 4.78 is 22.2. The minimum Gasteiger partial charge on any atom is -0.337 e. The lowest BCUT2D eigenvalue weighted by Crippen LogP contribution is -2.43. The molecular weight excluding hydrogens is 312 g/mol. The summed E-state index contributed by atoms with van der Waals surface area (Å²) in [5.41, 5.74) is 1.08. The van der Waals surface area contributed by atoms with Gasteiger partial charge in [0.15, 0.2) is 0 Å². The Morgan fingerprint density at radius 2 is 1.91 bits per heavy atom. The highest BCUT2D eigenvalue weighted by molar-refractivity contribution is 7.90. The largest absolute Gasteiger partial charge is 0.337 e. The fraction of sp³-hybridized carbons (Fsp3) is 0.471. The van der Waals surface area contributed by atoms with Gasteiger partial charge in [0.2, 0.25) is 0 Å². The fourth-order valence-corrected chi connectivity index (χ4v) is 2.49. The molecule has 0 saturated heterocycles. The van der Waals surface area contributed by atoms with E-state index in [0.29, 0.717) is 19.0 Å². The zero-order valence-electron chi connectivity index (χ0n) is 14.0. The number of carbonyl (C=O) groups is 1. The van der Waals surface area contributed by atoms with Gasteiger partial charge < -0.3 is 10.2 Å². The lowest BCUT2D eigenvalue weighted by Gasteiger charge is -2.23. The molecule has 0 unspecified atom stereocenters. The zero-order valence-corrected chi connectivity index (χ0v) is 14.8. The van der Waals surface area contributed by atoms with Crippen LogP contribution in [0.5, 0.6) is 0 Å². The van der Waals surface area contributed by atoms with Crippen molar-refractivity contribution in [2.75, 3.05) is 31.6 Å². The number of amides is 2. The van der Waals surface area contributed by atoms with E-state index in [2.05, 4.69) is 5.32 Å². The summed E-state index contributed by atoms with van der Waals surface area (Å²) in [6, 6.07) is 9.63. The molecule has 6 heteroatoms. The smallest absolute Gasteiger partial charge is 0.317 e. The van der Waals surface area contributed by atoms with E-state index < -0.39 is 9.84 Å². The molecule has 1 aromatic carbocycles. The molecule has 0 aliphatic carbocycles. The van der Waals surface area contributed by atoms with Gasteiger partial charge in [-0.05, 0) is 11.5 Å². The molecule has 0 spiro atoms. The number of sulfone groups is 1. The number of carbonyl (C=O) groups excluding carboxylic acids is 1. The zero-order chi connectivity index (χ0) is 17.3. The number of benzene rings is 1. The summed E-state index contributed by atoms with van der Waals surface area (Å²) in [5.74, 6) is 0.287. The Hall–Kier alpha value is -1.82. The molecule has 0 radical (unpaired) electrons.